The highest BCUT2D eigenvalue weighted by atomic mass is 19.1. The Morgan fingerprint density at radius 2 is 2.41 bits per heavy atom. The summed E-state index contributed by atoms with van der Waals surface area (Å²) in [4.78, 5) is 13.1. The van der Waals surface area contributed by atoms with Gasteiger partial charge in [0, 0.05) is 6.54 Å². The number of nitrogens with two attached hydrogens (primary N) is 1. The maximum Gasteiger partial charge on any atom is 0.414 e. The van der Waals surface area contributed by atoms with Crippen LogP contribution in [0.25, 0.3) is 0 Å². The van der Waals surface area contributed by atoms with Crippen LogP contribution >= 0.6 is 0 Å². The minimum absolute atomic E-state index is 0.0987. The van der Waals surface area contributed by atoms with Crippen molar-refractivity contribution >= 4 is 11.8 Å². The molecule has 0 aliphatic carbocycles. The van der Waals surface area contributed by atoms with Gasteiger partial charge >= 0.3 is 6.09 Å². The fourth-order valence-electron chi connectivity index (χ4n) is 2.20. The van der Waals surface area contributed by atoms with E-state index < -0.39 is 6.09 Å². The van der Waals surface area contributed by atoms with Crippen LogP contribution in [0.5, 0.6) is 0 Å². The summed E-state index contributed by atoms with van der Waals surface area (Å²) in [5.41, 5.74) is 7.14. The van der Waals surface area contributed by atoms with Crippen LogP contribution in [0.15, 0.2) is 18.2 Å². The highest BCUT2D eigenvalue weighted by Crippen LogP contribution is 2.35. The summed E-state index contributed by atoms with van der Waals surface area (Å²) < 4.78 is 17.9. The molecule has 1 atom stereocenters. The molecule has 2 rings (SSSR count). The lowest BCUT2D eigenvalue weighted by Gasteiger charge is -2.32. The van der Waals surface area contributed by atoms with Gasteiger partial charge in [0.1, 0.15) is 5.82 Å². The van der Waals surface area contributed by atoms with Gasteiger partial charge in [-0.2, -0.15) is 0 Å². The van der Waals surface area contributed by atoms with E-state index in [-0.39, 0.29) is 11.7 Å². The zero-order valence-electron chi connectivity index (χ0n) is 9.65. The molecule has 17 heavy (non-hydrogen) atoms. The number of ether oxygens (including phenoxy) is 1. The van der Waals surface area contributed by atoms with Crippen LogP contribution in [0.1, 0.15) is 17.9 Å². The van der Waals surface area contributed by atoms with Crippen LogP contribution in [-0.4, -0.2) is 26.3 Å². The Balaban J connectivity index is 2.43. The summed E-state index contributed by atoms with van der Waals surface area (Å²) in [6, 6.07) is 4.39. The average Bonchev–Trinajstić information content (AvgIpc) is 2.36. The van der Waals surface area contributed by atoms with Crippen molar-refractivity contribution in [3.63, 3.8) is 0 Å². The maximum atomic E-state index is 13.2. The number of anilines is 1. The molecule has 5 heteroatoms. The largest absolute Gasteiger partial charge is 0.452 e. The van der Waals surface area contributed by atoms with Gasteiger partial charge in [0.15, 0.2) is 0 Å². The summed E-state index contributed by atoms with van der Waals surface area (Å²) in [5, 5.41) is 0. The maximum absolute atomic E-state index is 13.2. The van der Waals surface area contributed by atoms with Crippen molar-refractivity contribution < 1.29 is 13.9 Å². The van der Waals surface area contributed by atoms with Crippen LogP contribution < -0.4 is 10.6 Å². The van der Waals surface area contributed by atoms with Crippen molar-refractivity contribution in [3.8, 4) is 0 Å². The molecule has 1 amide bonds. The normalized spacial score (nSPS) is 18.8. The second kappa shape index (κ2) is 4.71. The van der Waals surface area contributed by atoms with E-state index in [2.05, 4.69) is 0 Å². The molecule has 0 aromatic heterocycles. The fraction of sp³-hybridized carbons (Fsp3) is 0.417. The van der Waals surface area contributed by atoms with Crippen LogP contribution in [0.4, 0.5) is 14.9 Å². The number of carbonyl (C=O) groups is 1. The van der Waals surface area contributed by atoms with Crippen LogP contribution in [0, 0.1) is 5.82 Å². The number of nitrogens with zero attached hydrogens (tertiary/aromatic N) is 1. The van der Waals surface area contributed by atoms with E-state index >= 15 is 0 Å². The molecule has 1 aromatic rings. The van der Waals surface area contributed by atoms with E-state index in [1.165, 1.54) is 24.1 Å². The van der Waals surface area contributed by atoms with E-state index in [9.17, 15) is 9.18 Å². The highest BCUT2D eigenvalue weighted by Gasteiger charge is 2.28. The van der Waals surface area contributed by atoms with Crippen molar-refractivity contribution in [2.75, 3.05) is 25.1 Å². The molecular weight excluding hydrogens is 223 g/mol. The molecule has 1 aliphatic rings. The van der Waals surface area contributed by atoms with Gasteiger partial charge in [-0.15, -0.1) is 0 Å². The van der Waals surface area contributed by atoms with Crippen molar-refractivity contribution in [3.05, 3.63) is 29.6 Å². The third kappa shape index (κ3) is 2.10. The summed E-state index contributed by atoms with van der Waals surface area (Å²) in [6.07, 6.45) is 0.301. The minimum Gasteiger partial charge on any atom is -0.452 e. The molecule has 2 N–H and O–H groups in total. The molecule has 0 spiro atoms. The SMILES string of the molecule is COC(=O)N1CCC(CN)c2cc(F)ccc21. The highest BCUT2D eigenvalue weighted by molar-refractivity contribution is 5.89. The van der Waals surface area contributed by atoms with Crippen molar-refractivity contribution in [2.24, 2.45) is 5.73 Å². The first-order valence-electron chi connectivity index (χ1n) is 5.52. The van der Waals surface area contributed by atoms with E-state index in [1.807, 2.05) is 0 Å². The molecule has 0 bridgehead atoms. The van der Waals surface area contributed by atoms with Crippen LogP contribution in [0.2, 0.25) is 0 Å². The Morgan fingerprint density at radius 3 is 3.06 bits per heavy atom. The number of benzene rings is 1. The molecule has 0 radical (unpaired) electrons. The van der Waals surface area contributed by atoms with E-state index in [0.29, 0.717) is 18.8 Å². The summed E-state index contributed by atoms with van der Waals surface area (Å²) >= 11 is 0. The molecule has 0 saturated heterocycles. The van der Waals surface area contributed by atoms with Gasteiger partial charge in [0.25, 0.3) is 0 Å². The van der Waals surface area contributed by atoms with Gasteiger partial charge in [-0.05, 0) is 42.6 Å². The number of hydrogen-bond acceptors (Lipinski definition) is 3. The first kappa shape index (κ1) is 11.9. The first-order valence-corrected chi connectivity index (χ1v) is 5.52. The van der Waals surface area contributed by atoms with Crippen molar-refractivity contribution in [1.82, 2.24) is 0 Å². The van der Waals surface area contributed by atoms with E-state index in [4.69, 9.17) is 10.5 Å². The van der Waals surface area contributed by atoms with Crippen LogP contribution in [-0.2, 0) is 4.74 Å². The van der Waals surface area contributed by atoms with Gasteiger partial charge in [0.2, 0.25) is 0 Å². The lowest BCUT2D eigenvalue weighted by Crippen LogP contribution is -2.38. The number of halogens is 1. The van der Waals surface area contributed by atoms with Crippen molar-refractivity contribution in [2.45, 2.75) is 12.3 Å². The minimum atomic E-state index is -0.423. The predicted octanol–water partition coefficient (Wildman–Crippen LogP) is 1.84. The Morgan fingerprint density at radius 1 is 1.65 bits per heavy atom. The van der Waals surface area contributed by atoms with Gasteiger partial charge in [0.05, 0.1) is 12.8 Å². The number of amides is 1. The van der Waals surface area contributed by atoms with E-state index in [1.54, 1.807) is 6.07 Å². The summed E-state index contributed by atoms with van der Waals surface area (Å²) in [7, 11) is 1.33. The standard InChI is InChI=1S/C12H15FN2O2/c1-17-12(16)15-5-4-8(7-14)10-6-9(13)2-3-11(10)15/h2-3,6,8H,4-5,7,14H2,1H3. The monoisotopic (exact) mass is 238 g/mol. The quantitative estimate of drug-likeness (QED) is 0.812. The molecule has 0 fully saturated rings. The Kier molecular flexibility index (Phi) is 3.28. The number of carbonyl (C=O) groups excluding carboxylic acids is 1. The molecule has 1 unspecified atom stereocenters. The molecular formula is C12H15FN2O2. The van der Waals surface area contributed by atoms with Crippen molar-refractivity contribution in [1.29, 1.82) is 0 Å². The Hall–Kier alpha value is -1.62. The number of rotatable bonds is 1. The summed E-state index contributed by atoms with van der Waals surface area (Å²) in [5.74, 6) is -0.212. The predicted molar refractivity (Wildman–Crippen MR) is 62.6 cm³/mol. The number of methoxy groups -OCH3 is 1. The third-order valence-corrected chi connectivity index (χ3v) is 3.10. The molecule has 0 saturated carbocycles. The lowest BCUT2D eigenvalue weighted by molar-refractivity contribution is 0.178. The zero-order chi connectivity index (χ0) is 12.4. The molecule has 4 nitrogen and oxygen atoms in total. The second-order valence-electron chi connectivity index (χ2n) is 4.05. The van der Waals surface area contributed by atoms with Gasteiger partial charge in [-0.1, -0.05) is 0 Å². The molecule has 1 heterocycles. The molecule has 1 aliphatic heterocycles. The van der Waals surface area contributed by atoms with Gasteiger partial charge in [-0.25, -0.2) is 9.18 Å². The topological polar surface area (TPSA) is 55.6 Å². The van der Waals surface area contributed by atoms with Crippen LogP contribution in [0.3, 0.4) is 0 Å². The number of fused-ring (bicyclic) bond motifs is 1. The Labute approximate surface area is 99.2 Å². The van der Waals surface area contributed by atoms with Gasteiger partial charge in [-0.3, -0.25) is 4.90 Å². The third-order valence-electron chi connectivity index (χ3n) is 3.10. The molecule has 92 valence electrons. The second-order valence-corrected chi connectivity index (χ2v) is 4.05. The summed E-state index contributed by atoms with van der Waals surface area (Å²) in [6.45, 7) is 0.999. The van der Waals surface area contributed by atoms with Gasteiger partial charge < -0.3 is 10.5 Å². The zero-order valence-corrected chi connectivity index (χ0v) is 9.65. The molecule has 1 aromatic carbocycles. The Bertz CT molecular complexity index is 437. The average molecular weight is 238 g/mol. The smallest absolute Gasteiger partial charge is 0.414 e. The fourth-order valence-corrected chi connectivity index (χ4v) is 2.20. The van der Waals surface area contributed by atoms with E-state index in [0.717, 1.165) is 12.0 Å². The number of hydrogen-bond donors (Lipinski definition) is 1. The lowest BCUT2D eigenvalue weighted by atomic mass is 9.90. The first-order chi connectivity index (χ1) is 8.17.